The van der Waals surface area contributed by atoms with Gasteiger partial charge in [0.05, 0.1) is 25.0 Å². The van der Waals surface area contributed by atoms with Crippen molar-refractivity contribution < 1.29 is 14.3 Å². The molecule has 1 saturated heterocycles. The van der Waals surface area contributed by atoms with E-state index < -0.39 is 0 Å². The molecule has 1 fully saturated rings. The van der Waals surface area contributed by atoms with Crippen molar-refractivity contribution in [1.29, 1.82) is 0 Å². The van der Waals surface area contributed by atoms with Gasteiger partial charge in [0.15, 0.2) is 5.16 Å². The average Bonchev–Trinajstić information content (AvgIpc) is 3.09. The van der Waals surface area contributed by atoms with Crippen LogP contribution >= 0.6 is 11.8 Å². The number of aromatic amines is 1. The van der Waals surface area contributed by atoms with Crippen LogP contribution in [0.3, 0.4) is 0 Å². The summed E-state index contributed by atoms with van der Waals surface area (Å²) in [5.41, 5.74) is -0.271. The zero-order valence-electron chi connectivity index (χ0n) is 12.0. The standard InChI is InChI=1S/C12H20N4O4S/c1-19-6-4-13-10(17)8-21-12-15-14-11(18)16(12)7-9-3-2-5-20-9/h9H,2-8H2,1H3,(H,13,17)(H,14,18)/t9-/m0/s1. The minimum absolute atomic E-state index is 0.0511. The molecule has 0 unspecified atom stereocenters. The first-order valence-electron chi connectivity index (χ1n) is 6.86. The molecule has 2 heterocycles. The minimum atomic E-state index is -0.271. The Morgan fingerprint density at radius 3 is 3.24 bits per heavy atom. The van der Waals surface area contributed by atoms with E-state index in [9.17, 15) is 9.59 Å². The Morgan fingerprint density at radius 1 is 1.67 bits per heavy atom. The van der Waals surface area contributed by atoms with Crippen molar-refractivity contribution in [3.05, 3.63) is 10.5 Å². The van der Waals surface area contributed by atoms with Gasteiger partial charge in [-0.2, -0.15) is 0 Å². The molecule has 0 aliphatic carbocycles. The van der Waals surface area contributed by atoms with Gasteiger partial charge in [0.25, 0.3) is 0 Å². The van der Waals surface area contributed by atoms with Crippen LogP contribution in [0.25, 0.3) is 0 Å². The van der Waals surface area contributed by atoms with Crippen molar-refractivity contribution in [1.82, 2.24) is 20.1 Å². The van der Waals surface area contributed by atoms with Gasteiger partial charge in [-0.15, -0.1) is 5.10 Å². The van der Waals surface area contributed by atoms with Crippen molar-refractivity contribution in [2.75, 3.05) is 32.6 Å². The largest absolute Gasteiger partial charge is 0.383 e. The molecule has 0 aromatic carbocycles. The van der Waals surface area contributed by atoms with E-state index in [1.807, 2.05) is 0 Å². The van der Waals surface area contributed by atoms with Crippen molar-refractivity contribution in [3.8, 4) is 0 Å². The van der Waals surface area contributed by atoms with Gasteiger partial charge in [0.2, 0.25) is 5.91 Å². The van der Waals surface area contributed by atoms with Crippen molar-refractivity contribution in [3.63, 3.8) is 0 Å². The van der Waals surface area contributed by atoms with E-state index in [1.165, 1.54) is 16.3 Å². The highest BCUT2D eigenvalue weighted by atomic mass is 32.2. The third-order valence-electron chi connectivity index (χ3n) is 3.09. The molecule has 1 aliphatic heterocycles. The third-order valence-corrected chi connectivity index (χ3v) is 4.07. The van der Waals surface area contributed by atoms with E-state index in [0.717, 1.165) is 19.4 Å². The Bertz CT molecular complexity index is 510. The first-order valence-corrected chi connectivity index (χ1v) is 7.84. The molecule has 1 atom stereocenters. The molecule has 0 saturated carbocycles. The fourth-order valence-electron chi connectivity index (χ4n) is 2.04. The van der Waals surface area contributed by atoms with E-state index in [2.05, 4.69) is 15.5 Å². The highest BCUT2D eigenvalue weighted by Crippen LogP contribution is 2.17. The quantitative estimate of drug-likeness (QED) is 0.500. The van der Waals surface area contributed by atoms with Gasteiger partial charge in [-0.1, -0.05) is 11.8 Å². The van der Waals surface area contributed by atoms with Crippen molar-refractivity contribution in [2.24, 2.45) is 0 Å². The smallest absolute Gasteiger partial charge is 0.344 e. The van der Waals surface area contributed by atoms with Gasteiger partial charge in [-0.05, 0) is 12.8 Å². The van der Waals surface area contributed by atoms with Gasteiger partial charge < -0.3 is 14.8 Å². The number of nitrogens with zero attached hydrogens (tertiary/aromatic N) is 2. The summed E-state index contributed by atoms with van der Waals surface area (Å²) < 4.78 is 11.9. The number of hydrogen-bond donors (Lipinski definition) is 2. The number of aromatic nitrogens is 3. The number of methoxy groups -OCH3 is 1. The number of ether oxygens (including phenoxy) is 2. The van der Waals surface area contributed by atoms with Crippen molar-refractivity contribution in [2.45, 2.75) is 30.6 Å². The molecule has 21 heavy (non-hydrogen) atoms. The molecule has 0 bridgehead atoms. The van der Waals surface area contributed by atoms with Gasteiger partial charge in [0, 0.05) is 20.3 Å². The molecule has 9 heteroatoms. The predicted octanol–water partition coefficient (Wildman–Crippen LogP) is -0.395. The first kappa shape index (κ1) is 16.1. The van der Waals surface area contributed by atoms with Crippen LogP contribution in [0.1, 0.15) is 12.8 Å². The Kier molecular flexibility index (Phi) is 6.27. The molecule has 1 aromatic rings. The molecule has 1 amide bonds. The number of carbonyl (C=O) groups is 1. The summed E-state index contributed by atoms with van der Waals surface area (Å²) in [6.45, 7) is 2.16. The molecule has 1 aromatic heterocycles. The molecule has 2 rings (SSSR count). The molecule has 0 radical (unpaired) electrons. The lowest BCUT2D eigenvalue weighted by molar-refractivity contribution is -0.118. The summed E-state index contributed by atoms with van der Waals surface area (Å²) in [5.74, 6) is 0.0932. The summed E-state index contributed by atoms with van der Waals surface area (Å²) in [4.78, 5) is 23.4. The summed E-state index contributed by atoms with van der Waals surface area (Å²) in [6.07, 6.45) is 2.01. The minimum Gasteiger partial charge on any atom is -0.383 e. The number of rotatable bonds is 8. The van der Waals surface area contributed by atoms with Crippen LogP contribution in [0.15, 0.2) is 9.95 Å². The van der Waals surface area contributed by atoms with E-state index in [4.69, 9.17) is 9.47 Å². The monoisotopic (exact) mass is 316 g/mol. The highest BCUT2D eigenvalue weighted by molar-refractivity contribution is 7.99. The summed E-state index contributed by atoms with van der Waals surface area (Å²) in [7, 11) is 1.58. The number of carbonyl (C=O) groups excluding carboxylic acids is 1. The second-order valence-electron chi connectivity index (χ2n) is 4.69. The maximum Gasteiger partial charge on any atom is 0.344 e. The molecular formula is C12H20N4O4S. The van der Waals surface area contributed by atoms with Crippen LogP contribution in [0.4, 0.5) is 0 Å². The number of nitrogens with one attached hydrogen (secondary N) is 2. The van der Waals surface area contributed by atoms with E-state index >= 15 is 0 Å². The van der Waals surface area contributed by atoms with Crippen LogP contribution in [0.5, 0.6) is 0 Å². The fourth-order valence-corrected chi connectivity index (χ4v) is 2.83. The lowest BCUT2D eigenvalue weighted by Gasteiger charge is -2.10. The first-order chi connectivity index (χ1) is 10.2. The van der Waals surface area contributed by atoms with Gasteiger partial charge in [-0.3, -0.25) is 9.36 Å². The molecular weight excluding hydrogens is 296 g/mol. The predicted molar refractivity (Wildman–Crippen MR) is 77.4 cm³/mol. The summed E-state index contributed by atoms with van der Waals surface area (Å²) in [5, 5.41) is 9.60. The second kappa shape index (κ2) is 8.20. The Hall–Kier alpha value is -1.32. The van der Waals surface area contributed by atoms with E-state index in [-0.39, 0.29) is 23.5 Å². The van der Waals surface area contributed by atoms with E-state index in [0.29, 0.717) is 24.9 Å². The lowest BCUT2D eigenvalue weighted by atomic mass is 10.2. The average molecular weight is 316 g/mol. The van der Waals surface area contributed by atoms with Crippen LogP contribution in [-0.4, -0.2) is 59.4 Å². The third kappa shape index (κ3) is 4.87. The number of amides is 1. The molecule has 0 spiro atoms. The Balaban J connectivity index is 1.85. The number of H-pyrrole nitrogens is 1. The number of thioether (sulfide) groups is 1. The van der Waals surface area contributed by atoms with Crippen LogP contribution < -0.4 is 11.0 Å². The fraction of sp³-hybridized carbons (Fsp3) is 0.750. The number of hydrogen-bond acceptors (Lipinski definition) is 6. The molecule has 1 aliphatic rings. The van der Waals surface area contributed by atoms with Crippen LogP contribution in [-0.2, 0) is 20.8 Å². The summed E-state index contributed by atoms with van der Waals surface area (Å²) >= 11 is 1.23. The van der Waals surface area contributed by atoms with Crippen molar-refractivity contribution >= 4 is 17.7 Å². The maximum absolute atomic E-state index is 11.7. The zero-order chi connectivity index (χ0) is 15.1. The summed E-state index contributed by atoms with van der Waals surface area (Å²) in [6, 6.07) is 0. The van der Waals surface area contributed by atoms with Crippen LogP contribution in [0, 0.1) is 0 Å². The molecule has 2 N–H and O–H groups in total. The van der Waals surface area contributed by atoms with Crippen LogP contribution in [0.2, 0.25) is 0 Å². The molecule has 118 valence electrons. The zero-order valence-corrected chi connectivity index (χ0v) is 12.8. The second-order valence-corrected chi connectivity index (χ2v) is 5.63. The SMILES string of the molecule is COCCNC(=O)CSc1n[nH]c(=O)n1C[C@@H]1CCCO1. The lowest BCUT2D eigenvalue weighted by Crippen LogP contribution is -2.29. The topological polar surface area (TPSA) is 98.2 Å². The van der Waals surface area contributed by atoms with Gasteiger partial charge in [0.1, 0.15) is 0 Å². The normalized spacial score (nSPS) is 18.0. The Morgan fingerprint density at radius 2 is 2.52 bits per heavy atom. The molecule has 8 nitrogen and oxygen atoms in total. The van der Waals surface area contributed by atoms with E-state index in [1.54, 1.807) is 7.11 Å². The Labute approximate surface area is 126 Å². The van der Waals surface area contributed by atoms with Gasteiger partial charge in [-0.25, -0.2) is 9.89 Å². The van der Waals surface area contributed by atoms with Gasteiger partial charge >= 0.3 is 5.69 Å². The highest BCUT2D eigenvalue weighted by Gasteiger charge is 2.20. The maximum atomic E-state index is 11.7.